The second-order valence-electron chi connectivity index (χ2n) is 3.78. The minimum Gasteiger partial charge on any atom is -0.284 e. The maximum Gasteiger partial charge on any atom is 0.218 e. The lowest BCUT2D eigenvalue weighted by Crippen LogP contribution is -2.08. The number of carbonyl (C=O) groups excluding carboxylic acids is 1. The molecule has 0 radical (unpaired) electrons. The van der Waals surface area contributed by atoms with Crippen LogP contribution < -0.4 is 0 Å². The number of rotatable bonds is 4. The van der Waals surface area contributed by atoms with E-state index in [1.807, 2.05) is 26.0 Å². The lowest BCUT2D eigenvalue weighted by Gasteiger charge is -1.99. The van der Waals surface area contributed by atoms with E-state index in [0.29, 0.717) is 11.3 Å². The van der Waals surface area contributed by atoms with Gasteiger partial charge in [0.15, 0.2) is 0 Å². The van der Waals surface area contributed by atoms with Crippen LogP contribution in [0, 0.1) is 18.8 Å². The molecule has 0 unspecified atom stereocenters. The van der Waals surface area contributed by atoms with E-state index in [9.17, 15) is 9.00 Å². The molecule has 1 atom stereocenters. The van der Waals surface area contributed by atoms with Gasteiger partial charge in [-0.25, -0.2) is 0 Å². The Kier molecular flexibility index (Phi) is 5.65. The highest BCUT2D eigenvalue weighted by Crippen LogP contribution is 2.08. The summed E-state index contributed by atoms with van der Waals surface area (Å²) < 4.78 is 11.8. The van der Waals surface area contributed by atoms with Crippen LogP contribution in [0.4, 0.5) is 0 Å². The van der Waals surface area contributed by atoms with Crippen LogP contribution in [-0.2, 0) is 15.6 Å². The Morgan fingerprint density at radius 2 is 1.94 bits per heavy atom. The topological polar surface area (TPSA) is 34.1 Å². The van der Waals surface area contributed by atoms with Crippen molar-refractivity contribution < 1.29 is 9.00 Å². The van der Waals surface area contributed by atoms with Crippen LogP contribution in [0.15, 0.2) is 29.2 Å². The van der Waals surface area contributed by atoms with E-state index in [-0.39, 0.29) is 11.5 Å². The van der Waals surface area contributed by atoms with Gasteiger partial charge in [-0.1, -0.05) is 30.5 Å². The predicted octanol–water partition coefficient (Wildman–Crippen LogP) is 2.48. The summed E-state index contributed by atoms with van der Waals surface area (Å²) in [5.74, 6) is 5.01. The molecule has 0 heterocycles. The number of unbranched alkanes of at least 4 members (excludes halogenated alkanes) is 1. The SMILES string of the molecule is CCCC#CC(=O)C[S@@](=O)c1ccc(C)cc1. The fourth-order valence-electron chi connectivity index (χ4n) is 1.21. The normalized spacial score (nSPS) is 11.4. The van der Waals surface area contributed by atoms with Gasteiger partial charge in [0.2, 0.25) is 5.78 Å². The minimum atomic E-state index is -1.28. The molecule has 0 aromatic heterocycles. The summed E-state index contributed by atoms with van der Waals surface area (Å²) in [6.45, 7) is 3.97. The molecule has 3 heteroatoms. The molecule has 0 N–H and O–H groups in total. The molecule has 1 aromatic carbocycles. The third-order valence-corrected chi connectivity index (χ3v) is 3.47. The quantitative estimate of drug-likeness (QED) is 0.606. The number of hydrogen-bond acceptors (Lipinski definition) is 2. The van der Waals surface area contributed by atoms with E-state index in [1.165, 1.54) is 0 Å². The fourth-order valence-corrected chi connectivity index (χ4v) is 2.13. The van der Waals surface area contributed by atoms with Crippen molar-refractivity contribution in [1.29, 1.82) is 0 Å². The molecule has 0 saturated heterocycles. The van der Waals surface area contributed by atoms with E-state index in [4.69, 9.17) is 0 Å². The van der Waals surface area contributed by atoms with E-state index in [1.54, 1.807) is 12.1 Å². The van der Waals surface area contributed by atoms with Crippen molar-refractivity contribution in [2.24, 2.45) is 0 Å². The van der Waals surface area contributed by atoms with Gasteiger partial charge in [-0.3, -0.25) is 9.00 Å². The molecule has 0 fully saturated rings. The van der Waals surface area contributed by atoms with Gasteiger partial charge in [0.25, 0.3) is 0 Å². The van der Waals surface area contributed by atoms with Crippen molar-refractivity contribution in [2.75, 3.05) is 5.75 Å². The first-order valence-corrected chi connectivity index (χ1v) is 6.92. The maximum atomic E-state index is 11.8. The smallest absolute Gasteiger partial charge is 0.218 e. The van der Waals surface area contributed by atoms with Gasteiger partial charge in [0.05, 0.1) is 16.6 Å². The van der Waals surface area contributed by atoms with Crippen molar-refractivity contribution >= 4 is 16.6 Å². The summed E-state index contributed by atoms with van der Waals surface area (Å²) in [7, 11) is -1.28. The first-order chi connectivity index (χ1) is 8.13. The van der Waals surface area contributed by atoms with Crippen molar-refractivity contribution in [2.45, 2.75) is 31.6 Å². The molecule has 0 aliphatic heterocycles. The Bertz CT molecular complexity index is 463. The minimum absolute atomic E-state index is 0.0141. The van der Waals surface area contributed by atoms with Gasteiger partial charge < -0.3 is 0 Å². The number of hydrogen-bond donors (Lipinski definition) is 0. The highest BCUT2D eigenvalue weighted by atomic mass is 32.2. The summed E-state index contributed by atoms with van der Waals surface area (Å²) in [6, 6.07) is 7.36. The average molecular weight is 248 g/mol. The largest absolute Gasteiger partial charge is 0.284 e. The number of carbonyl (C=O) groups is 1. The molecule has 1 rings (SSSR count). The molecule has 0 amide bonds. The predicted molar refractivity (Wildman–Crippen MR) is 70.1 cm³/mol. The maximum absolute atomic E-state index is 11.8. The van der Waals surface area contributed by atoms with Crippen LogP contribution in [0.25, 0.3) is 0 Å². The van der Waals surface area contributed by atoms with Gasteiger partial charge in [-0.05, 0) is 31.4 Å². The Morgan fingerprint density at radius 1 is 1.29 bits per heavy atom. The summed E-state index contributed by atoms with van der Waals surface area (Å²) >= 11 is 0. The summed E-state index contributed by atoms with van der Waals surface area (Å²) in [5.41, 5.74) is 1.11. The molecule has 0 aliphatic rings. The third-order valence-electron chi connectivity index (χ3n) is 2.15. The Balaban J connectivity index is 2.58. The lowest BCUT2D eigenvalue weighted by molar-refractivity contribution is -0.111. The van der Waals surface area contributed by atoms with Crippen molar-refractivity contribution in [1.82, 2.24) is 0 Å². The summed E-state index contributed by atoms with van der Waals surface area (Å²) in [4.78, 5) is 12.1. The molecule has 0 bridgehead atoms. The van der Waals surface area contributed by atoms with Gasteiger partial charge in [-0.15, -0.1) is 0 Å². The van der Waals surface area contributed by atoms with E-state index in [2.05, 4.69) is 11.8 Å². The van der Waals surface area contributed by atoms with E-state index < -0.39 is 10.8 Å². The zero-order valence-electron chi connectivity index (χ0n) is 10.2. The molecule has 0 spiro atoms. The second kappa shape index (κ2) is 7.03. The fraction of sp³-hybridized carbons (Fsp3) is 0.357. The summed E-state index contributed by atoms with van der Waals surface area (Å²) in [6.07, 6.45) is 1.64. The number of Topliss-reactive ketones (excluding diaryl/α,β-unsaturated/α-hetero) is 1. The number of benzene rings is 1. The number of aryl methyl sites for hydroxylation is 1. The first-order valence-electron chi connectivity index (χ1n) is 5.60. The van der Waals surface area contributed by atoms with Gasteiger partial charge >= 0.3 is 0 Å². The molecular weight excluding hydrogens is 232 g/mol. The van der Waals surface area contributed by atoms with Crippen LogP contribution in [0.2, 0.25) is 0 Å². The third kappa shape index (κ3) is 4.97. The van der Waals surface area contributed by atoms with E-state index >= 15 is 0 Å². The van der Waals surface area contributed by atoms with Gasteiger partial charge in [-0.2, -0.15) is 0 Å². The molecule has 2 nitrogen and oxygen atoms in total. The Hall–Kier alpha value is -1.40. The van der Waals surface area contributed by atoms with Crippen molar-refractivity contribution in [3.05, 3.63) is 29.8 Å². The molecule has 0 aliphatic carbocycles. The van der Waals surface area contributed by atoms with Crippen molar-refractivity contribution in [3.63, 3.8) is 0 Å². The molecule has 17 heavy (non-hydrogen) atoms. The van der Waals surface area contributed by atoms with Crippen molar-refractivity contribution in [3.8, 4) is 11.8 Å². The Labute approximate surface area is 105 Å². The number of ketones is 1. The molecular formula is C14H16O2S. The molecule has 0 saturated carbocycles. The van der Waals surface area contributed by atoms with Crippen LogP contribution in [0.3, 0.4) is 0 Å². The van der Waals surface area contributed by atoms with Crippen LogP contribution >= 0.6 is 0 Å². The first kappa shape index (κ1) is 13.7. The molecule has 90 valence electrons. The van der Waals surface area contributed by atoms with Crippen LogP contribution in [-0.4, -0.2) is 15.7 Å². The zero-order chi connectivity index (χ0) is 12.7. The monoisotopic (exact) mass is 248 g/mol. The molecule has 1 aromatic rings. The highest BCUT2D eigenvalue weighted by molar-refractivity contribution is 7.85. The van der Waals surface area contributed by atoms with E-state index in [0.717, 1.165) is 12.0 Å². The van der Waals surface area contributed by atoms with Gasteiger partial charge in [0.1, 0.15) is 0 Å². The van der Waals surface area contributed by atoms with Crippen LogP contribution in [0.1, 0.15) is 25.3 Å². The standard InChI is InChI=1S/C14H16O2S/c1-3-4-5-6-13(15)11-17(16)14-9-7-12(2)8-10-14/h7-10H,3-4,11H2,1-2H3/t17-/m1/s1. The second-order valence-corrected chi connectivity index (χ2v) is 5.23. The van der Waals surface area contributed by atoms with Gasteiger partial charge in [0, 0.05) is 11.3 Å². The lowest BCUT2D eigenvalue weighted by atomic mass is 10.2. The highest BCUT2D eigenvalue weighted by Gasteiger charge is 2.07. The Morgan fingerprint density at radius 3 is 2.53 bits per heavy atom. The van der Waals surface area contributed by atoms with Crippen LogP contribution in [0.5, 0.6) is 0 Å². The summed E-state index contributed by atoms with van der Waals surface area (Å²) in [5, 5.41) is 0. The average Bonchev–Trinajstić information content (AvgIpc) is 2.30. The zero-order valence-corrected chi connectivity index (χ0v) is 11.0.